The molecular weight excluding hydrogens is 741 g/mol. The van der Waals surface area contributed by atoms with E-state index in [0.29, 0.717) is 5.95 Å². The third-order valence-corrected chi connectivity index (χ3v) is 13.3. The van der Waals surface area contributed by atoms with Crippen LogP contribution in [0.1, 0.15) is 25.0 Å². The van der Waals surface area contributed by atoms with E-state index in [0.717, 1.165) is 44.3 Å². The minimum atomic E-state index is -0.119. The van der Waals surface area contributed by atoms with Crippen LogP contribution in [0.15, 0.2) is 194 Å². The predicted molar refractivity (Wildman–Crippen MR) is 254 cm³/mol. The molecule has 3 aromatic heterocycles. The van der Waals surface area contributed by atoms with Crippen LogP contribution in [0.2, 0.25) is 0 Å². The second-order valence-corrected chi connectivity index (χ2v) is 17.0. The molecule has 1 aliphatic rings. The summed E-state index contributed by atoms with van der Waals surface area (Å²) in [5.41, 5.74) is 16.2. The highest BCUT2D eigenvalue weighted by Crippen LogP contribution is 2.50. The highest BCUT2D eigenvalue weighted by atomic mass is 15.2. The SMILES string of the molecule is CC1(C)c2ccccc2-c2ccc(-c3nc(-n4c5ccccc5c5cc(-c6cc7c(c8ccccc68)c6ccccc6n7-c6ccccc6)ccc54)nc4ccccc34)cc21. The van der Waals surface area contributed by atoms with E-state index in [1.54, 1.807) is 0 Å². The second-order valence-electron chi connectivity index (χ2n) is 17.0. The molecule has 3 heterocycles. The molecule has 9 aromatic carbocycles. The van der Waals surface area contributed by atoms with E-state index in [9.17, 15) is 0 Å². The van der Waals surface area contributed by atoms with Gasteiger partial charge >= 0.3 is 0 Å². The zero-order chi connectivity index (χ0) is 40.4. The molecule has 1 aliphatic carbocycles. The Morgan fingerprint density at radius 1 is 0.377 bits per heavy atom. The Hall–Kier alpha value is -7.82. The van der Waals surface area contributed by atoms with Gasteiger partial charge in [-0.15, -0.1) is 0 Å². The highest BCUT2D eigenvalue weighted by molar-refractivity contribution is 6.24. The fraction of sp³-hybridized carbons (Fsp3) is 0.0526. The van der Waals surface area contributed by atoms with Crippen molar-refractivity contribution in [1.82, 2.24) is 19.1 Å². The first-order chi connectivity index (χ1) is 30.0. The van der Waals surface area contributed by atoms with Crippen molar-refractivity contribution in [1.29, 1.82) is 0 Å². The smallest absolute Gasteiger partial charge is 0.235 e. The minimum absolute atomic E-state index is 0.119. The maximum atomic E-state index is 5.50. The van der Waals surface area contributed by atoms with Gasteiger partial charge < -0.3 is 4.57 Å². The quantitative estimate of drug-likeness (QED) is 0.178. The van der Waals surface area contributed by atoms with Crippen LogP contribution in [0.4, 0.5) is 0 Å². The summed E-state index contributed by atoms with van der Waals surface area (Å²) in [6.45, 7) is 4.67. The molecule has 0 saturated heterocycles. The Labute approximate surface area is 352 Å². The first-order valence-electron chi connectivity index (χ1n) is 21.1. The molecular formula is C57H38N4. The molecule has 0 saturated carbocycles. The van der Waals surface area contributed by atoms with Crippen LogP contribution in [0.5, 0.6) is 0 Å². The van der Waals surface area contributed by atoms with E-state index in [-0.39, 0.29) is 5.41 Å². The molecule has 4 nitrogen and oxygen atoms in total. The summed E-state index contributed by atoms with van der Waals surface area (Å²) in [4.78, 5) is 10.8. The van der Waals surface area contributed by atoms with Gasteiger partial charge in [0.25, 0.3) is 0 Å². The molecule has 0 bridgehead atoms. The minimum Gasteiger partial charge on any atom is -0.309 e. The van der Waals surface area contributed by atoms with E-state index in [1.807, 2.05) is 0 Å². The van der Waals surface area contributed by atoms with E-state index < -0.39 is 0 Å². The summed E-state index contributed by atoms with van der Waals surface area (Å²) in [5, 5.41) is 8.38. The predicted octanol–water partition coefficient (Wildman–Crippen LogP) is 14.6. The monoisotopic (exact) mass is 778 g/mol. The molecule has 0 N–H and O–H groups in total. The van der Waals surface area contributed by atoms with Crippen LogP contribution in [0.3, 0.4) is 0 Å². The molecule has 286 valence electrons. The van der Waals surface area contributed by atoms with Crippen molar-refractivity contribution >= 4 is 65.3 Å². The second kappa shape index (κ2) is 12.6. The van der Waals surface area contributed by atoms with Gasteiger partial charge in [0, 0.05) is 43.6 Å². The van der Waals surface area contributed by atoms with Crippen molar-refractivity contribution in [2.75, 3.05) is 0 Å². The molecule has 4 heteroatoms. The zero-order valence-corrected chi connectivity index (χ0v) is 33.8. The van der Waals surface area contributed by atoms with Gasteiger partial charge in [-0.25, -0.2) is 9.97 Å². The van der Waals surface area contributed by atoms with Crippen molar-refractivity contribution < 1.29 is 0 Å². The number of fused-ring (bicyclic) bond motifs is 12. The third kappa shape index (κ3) is 4.82. The van der Waals surface area contributed by atoms with Crippen LogP contribution in [0, 0.1) is 0 Å². The number of aromatic nitrogens is 4. The summed E-state index contributed by atoms with van der Waals surface area (Å²) < 4.78 is 4.67. The van der Waals surface area contributed by atoms with Gasteiger partial charge in [0.15, 0.2) is 0 Å². The summed E-state index contributed by atoms with van der Waals surface area (Å²) in [6.07, 6.45) is 0. The summed E-state index contributed by atoms with van der Waals surface area (Å²) in [6, 6.07) is 70.5. The number of hydrogen-bond acceptors (Lipinski definition) is 2. The van der Waals surface area contributed by atoms with Gasteiger partial charge in [-0.3, -0.25) is 4.57 Å². The lowest BCUT2D eigenvalue weighted by molar-refractivity contribution is 0.660. The van der Waals surface area contributed by atoms with Gasteiger partial charge in [-0.05, 0) is 98.8 Å². The van der Waals surface area contributed by atoms with Crippen molar-refractivity contribution in [2.45, 2.75) is 19.3 Å². The van der Waals surface area contributed by atoms with Crippen LogP contribution >= 0.6 is 0 Å². The van der Waals surface area contributed by atoms with Crippen LogP contribution < -0.4 is 0 Å². The average molecular weight is 779 g/mol. The first-order valence-corrected chi connectivity index (χ1v) is 21.1. The van der Waals surface area contributed by atoms with Gasteiger partial charge in [0.2, 0.25) is 5.95 Å². The molecule has 0 unspecified atom stereocenters. The molecule has 0 atom stereocenters. The fourth-order valence-electron chi connectivity index (χ4n) is 10.5. The lowest BCUT2D eigenvalue weighted by Gasteiger charge is -2.22. The fourth-order valence-corrected chi connectivity index (χ4v) is 10.5. The van der Waals surface area contributed by atoms with Crippen molar-refractivity contribution in [2.24, 2.45) is 0 Å². The lowest BCUT2D eigenvalue weighted by Crippen LogP contribution is -2.15. The molecule has 12 aromatic rings. The van der Waals surface area contributed by atoms with Gasteiger partial charge in [-0.1, -0.05) is 153 Å². The molecule has 0 amide bonds. The summed E-state index contributed by atoms with van der Waals surface area (Å²) >= 11 is 0. The maximum absolute atomic E-state index is 5.50. The topological polar surface area (TPSA) is 35.6 Å². The van der Waals surface area contributed by atoms with E-state index in [2.05, 4.69) is 217 Å². The van der Waals surface area contributed by atoms with Gasteiger partial charge in [-0.2, -0.15) is 0 Å². The van der Waals surface area contributed by atoms with Crippen molar-refractivity contribution in [3.05, 3.63) is 205 Å². The van der Waals surface area contributed by atoms with Crippen molar-refractivity contribution in [3.63, 3.8) is 0 Å². The summed E-state index contributed by atoms with van der Waals surface area (Å²) in [7, 11) is 0. The Morgan fingerprint density at radius 3 is 1.84 bits per heavy atom. The number of hydrogen-bond donors (Lipinski definition) is 0. The molecule has 0 aliphatic heterocycles. The normalized spacial score (nSPS) is 13.2. The standard InChI is InChI=1S/C57H38N4/c1-57(2)47-24-12-8-19-39(47)40-30-28-36(33-48(40)57)55-43-22-9-13-25-49(43)58-56(59-55)61-50-26-14-10-20-41(50)46-32-35(29-31-52(46)61)45-34-53-54(42-21-7-6-18-38(42)45)44-23-11-15-27-51(44)60(53)37-16-4-3-5-17-37/h3-34H,1-2H3. The Bertz CT molecular complexity index is 3790. The lowest BCUT2D eigenvalue weighted by atomic mass is 9.82. The first kappa shape index (κ1) is 34.1. The number of benzene rings is 9. The largest absolute Gasteiger partial charge is 0.309 e. The molecule has 61 heavy (non-hydrogen) atoms. The summed E-state index contributed by atoms with van der Waals surface area (Å²) in [5.74, 6) is 0.662. The molecule has 0 spiro atoms. The number of para-hydroxylation sites is 4. The Kier molecular flexibility index (Phi) is 7.04. The number of nitrogens with zero attached hydrogens (tertiary/aromatic N) is 4. The average Bonchev–Trinajstić information content (AvgIpc) is 3.91. The number of rotatable bonds is 4. The van der Waals surface area contributed by atoms with E-state index >= 15 is 0 Å². The molecule has 0 radical (unpaired) electrons. The van der Waals surface area contributed by atoms with Crippen LogP contribution in [-0.2, 0) is 5.41 Å². The Balaban J connectivity index is 1.03. The van der Waals surface area contributed by atoms with Crippen molar-refractivity contribution in [3.8, 4) is 45.1 Å². The molecule has 0 fully saturated rings. The van der Waals surface area contributed by atoms with Gasteiger partial charge in [0.1, 0.15) is 0 Å². The zero-order valence-electron chi connectivity index (χ0n) is 33.8. The van der Waals surface area contributed by atoms with Crippen LogP contribution in [-0.4, -0.2) is 19.1 Å². The third-order valence-electron chi connectivity index (χ3n) is 13.3. The maximum Gasteiger partial charge on any atom is 0.235 e. The van der Waals surface area contributed by atoms with Gasteiger partial charge in [0.05, 0.1) is 33.3 Å². The highest BCUT2D eigenvalue weighted by Gasteiger charge is 2.35. The van der Waals surface area contributed by atoms with E-state index in [1.165, 1.54) is 71.3 Å². The van der Waals surface area contributed by atoms with Crippen LogP contribution in [0.25, 0.3) is 110 Å². The Morgan fingerprint density at radius 2 is 1.00 bits per heavy atom. The van der Waals surface area contributed by atoms with E-state index in [4.69, 9.17) is 9.97 Å². The molecule has 13 rings (SSSR count).